The number of carbonyl (C=O) groups excluding carboxylic acids is 1. The topological polar surface area (TPSA) is 81.9 Å². The van der Waals surface area contributed by atoms with E-state index in [0.29, 0.717) is 17.8 Å². The molecule has 23 heavy (non-hydrogen) atoms. The lowest BCUT2D eigenvalue weighted by Gasteiger charge is -2.26. The van der Waals surface area contributed by atoms with Gasteiger partial charge in [0.1, 0.15) is 5.52 Å². The van der Waals surface area contributed by atoms with E-state index in [9.17, 15) is 4.79 Å². The van der Waals surface area contributed by atoms with Gasteiger partial charge >= 0.3 is 0 Å². The normalized spacial score (nSPS) is 17.0. The van der Waals surface area contributed by atoms with Crippen LogP contribution in [0.4, 0.5) is 5.69 Å². The summed E-state index contributed by atoms with van der Waals surface area (Å²) in [5, 5.41) is 11.2. The summed E-state index contributed by atoms with van der Waals surface area (Å²) in [5.74, 6) is 0.453. The van der Waals surface area contributed by atoms with Gasteiger partial charge in [-0.1, -0.05) is 11.3 Å². The Hall–Kier alpha value is -2.96. The minimum absolute atomic E-state index is 0.0311. The molecule has 0 saturated heterocycles. The molecule has 116 valence electrons. The third-order valence-electron chi connectivity index (χ3n) is 4.22. The molecule has 1 aromatic carbocycles. The van der Waals surface area contributed by atoms with Gasteiger partial charge < -0.3 is 10.1 Å². The molecule has 0 fully saturated rings. The molecule has 7 nitrogen and oxygen atoms in total. The highest BCUT2D eigenvalue weighted by molar-refractivity contribution is 6.03. The zero-order valence-corrected chi connectivity index (χ0v) is 12.8. The molecule has 0 saturated carbocycles. The summed E-state index contributed by atoms with van der Waals surface area (Å²) >= 11 is 0. The van der Waals surface area contributed by atoms with E-state index in [4.69, 9.17) is 4.74 Å². The molecule has 1 N–H and O–H groups in total. The molecule has 7 heteroatoms. The van der Waals surface area contributed by atoms with Crippen molar-refractivity contribution < 1.29 is 9.53 Å². The fourth-order valence-electron chi connectivity index (χ4n) is 3.08. The smallest absolute Gasteiger partial charge is 0.225 e. The van der Waals surface area contributed by atoms with Crippen molar-refractivity contribution in [2.24, 2.45) is 7.05 Å². The molecular formula is C16H15N5O2. The summed E-state index contributed by atoms with van der Waals surface area (Å²) in [5.41, 5.74) is 4.37. The maximum atomic E-state index is 12.2. The third-order valence-corrected chi connectivity index (χ3v) is 4.22. The number of pyridine rings is 1. The SMILES string of the molecule is COc1cc(C2CC(=O)Nc3c2ccc2c3nnn2C)ccn1. The molecule has 1 amide bonds. The van der Waals surface area contributed by atoms with Crippen LogP contribution in [0, 0.1) is 0 Å². The first-order valence-electron chi connectivity index (χ1n) is 7.29. The van der Waals surface area contributed by atoms with Crippen molar-refractivity contribution in [2.45, 2.75) is 12.3 Å². The fourth-order valence-corrected chi connectivity index (χ4v) is 3.08. The largest absolute Gasteiger partial charge is 0.481 e. The minimum Gasteiger partial charge on any atom is -0.481 e. The summed E-state index contributed by atoms with van der Waals surface area (Å²) in [6, 6.07) is 7.79. The Morgan fingerprint density at radius 1 is 1.35 bits per heavy atom. The second-order valence-electron chi connectivity index (χ2n) is 5.55. The molecule has 0 aliphatic carbocycles. The fraction of sp³-hybridized carbons (Fsp3) is 0.250. The Morgan fingerprint density at radius 2 is 2.22 bits per heavy atom. The van der Waals surface area contributed by atoms with Crippen LogP contribution in [0.15, 0.2) is 30.5 Å². The minimum atomic E-state index is -0.0537. The van der Waals surface area contributed by atoms with Crippen LogP contribution in [0.3, 0.4) is 0 Å². The van der Waals surface area contributed by atoms with Gasteiger partial charge in [-0.15, -0.1) is 5.10 Å². The quantitative estimate of drug-likeness (QED) is 0.781. The highest BCUT2D eigenvalue weighted by atomic mass is 16.5. The van der Waals surface area contributed by atoms with Crippen LogP contribution in [0.2, 0.25) is 0 Å². The summed E-state index contributed by atoms with van der Waals surface area (Å²) in [6.07, 6.45) is 2.08. The molecule has 2 aromatic heterocycles. The second kappa shape index (κ2) is 5.05. The van der Waals surface area contributed by atoms with Gasteiger partial charge in [0.05, 0.1) is 18.3 Å². The molecule has 3 aromatic rings. The van der Waals surface area contributed by atoms with Crippen LogP contribution in [0.1, 0.15) is 23.5 Å². The van der Waals surface area contributed by atoms with Crippen molar-refractivity contribution in [2.75, 3.05) is 12.4 Å². The number of aromatic nitrogens is 4. The van der Waals surface area contributed by atoms with Gasteiger partial charge in [0.15, 0.2) is 0 Å². The number of rotatable bonds is 2. The van der Waals surface area contributed by atoms with Crippen LogP contribution in [0.25, 0.3) is 11.0 Å². The molecule has 0 radical (unpaired) electrons. The number of nitrogens with one attached hydrogen (secondary N) is 1. The van der Waals surface area contributed by atoms with Crippen LogP contribution < -0.4 is 10.1 Å². The van der Waals surface area contributed by atoms with E-state index < -0.39 is 0 Å². The number of amides is 1. The van der Waals surface area contributed by atoms with Crippen molar-refractivity contribution in [1.29, 1.82) is 0 Å². The zero-order chi connectivity index (χ0) is 16.0. The van der Waals surface area contributed by atoms with E-state index in [-0.39, 0.29) is 11.8 Å². The van der Waals surface area contributed by atoms with Crippen LogP contribution in [-0.2, 0) is 11.8 Å². The summed E-state index contributed by atoms with van der Waals surface area (Å²) in [4.78, 5) is 16.3. The van der Waals surface area contributed by atoms with Gasteiger partial charge in [-0.3, -0.25) is 4.79 Å². The van der Waals surface area contributed by atoms with E-state index in [1.54, 1.807) is 18.0 Å². The lowest BCUT2D eigenvalue weighted by atomic mass is 9.85. The monoisotopic (exact) mass is 309 g/mol. The highest BCUT2D eigenvalue weighted by Crippen LogP contribution is 2.40. The Bertz CT molecular complexity index is 918. The molecule has 1 atom stereocenters. The predicted octanol–water partition coefficient (Wildman–Crippen LogP) is 1.85. The number of anilines is 1. The summed E-state index contributed by atoms with van der Waals surface area (Å²) in [6.45, 7) is 0. The van der Waals surface area contributed by atoms with E-state index >= 15 is 0 Å². The standard InChI is InChI=1S/C16H15N5O2/c1-21-12-4-3-10-11(9-5-6-17-14(7-9)23-2)8-13(22)18-15(10)16(12)19-20-21/h3-7,11H,8H2,1-2H3,(H,18,22). The molecule has 0 bridgehead atoms. The van der Waals surface area contributed by atoms with E-state index in [1.165, 1.54) is 0 Å². The van der Waals surface area contributed by atoms with Gasteiger partial charge in [0.2, 0.25) is 11.8 Å². The van der Waals surface area contributed by atoms with E-state index in [2.05, 4.69) is 20.6 Å². The number of fused-ring (bicyclic) bond motifs is 3. The average Bonchev–Trinajstić information content (AvgIpc) is 2.96. The number of benzene rings is 1. The molecule has 1 aliphatic rings. The van der Waals surface area contributed by atoms with Crippen LogP contribution in [0.5, 0.6) is 5.88 Å². The number of hydrogen-bond donors (Lipinski definition) is 1. The lowest BCUT2D eigenvalue weighted by molar-refractivity contribution is -0.116. The number of methoxy groups -OCH3 is 1. The van der Waals surface area contributed by atoms with Gasteiger partial charge in [0, 0.05) is 31.6 Å². The van der Waals surface area contributed by atoms with Crippen molar-refractivity contribution in [3.05, 3.63) is 41.6 Å². The summed E-state index contributed by atoms with van der Waals surface area (Å²) in [7, 11) is 3.41. The van der Waals surface area contributed by atoms with Gasteiger partial charge in [-0.05, 0) is 23.3 Å². The molecular weight excluding hydrogens is 294 g/mol. The maximum absolute atomic E-state index is 12.2. The van der Waals surface area contributed by atoms with Crippen LogP contribution >= 0.6 is 0 Å². The number of carbonyl (C=O) groups is 1. The Labute approximate surface area is 132 Å². The van der Waals surface area contributed by atoms with Crippen molar-refractivity contribution in [3.63, 3.8) is 0 Å². The van der Waals surface area contributed by atoms with Crippen molar-refractivity contribution >= 4 is 22.6 Å². The molecule has 3 heterocycles. The molecule has 0 spiro atoms. The second-order valence-corrected chi connectivity index (χ2v) is 5.55. The first-order valence-corrected chi connectivity index (χ1v) is 7.29. The predicted molar refractivity (Wildman–Crippen MR) is 84.4 cm³/mol. The highest BCUT2D eigenvalue weighted by Gasteiger charge is 2.29. The van der Waals surface area contributed by atoms with E-state index in [0.717, 1.165) is 22.3 Å². The molecule has 4 rings (SSSR count). The number of hydrogen-bond acceptors (Lipinski definition) is 5. The van der Waals surface area contributed by atoms with Crippen molar-refractivity contribution in [1.82, 2.24) is 20.0 Å². The molecule has 1 unspecified atom stereocenters. The lowest BCUT2D eigenvalue weighted by Crippen LogP contribution is -2.23. The van der Waals surface area contributed by atoms with Gasteiger partial charge in [-0.25, -0.2) is 9.67 Å². The maximum Gasteiger partial charge on any atom is 0.225 e. The number of nitrogens with zero attached hydrogens (tertiary/aromatic N) is 4. The summed E-state index contributed by atoms with van der Waals surface area (Å²) < 4.78 is 6.89. The molecule has 1 aliphatic heterocycles. The zero-order valence-electron chi connectivity index (χ0n) is 12.8. The average molecular weight is 309 g/mol. The Balaban J connectivity index is 1.91. The Kier molecular flexibility index (Phi) is 3.00. The first kappa shape index (κ1) is 13.7. The first-order chi connectivity index (χ1) is 11.2. The van der Waals surface area contributed by atoms with Gasteiger partial charge in [-0.2, -0.15) is 0 Å². The Morgan fingerprint density at radius 3 is 3.04 bits per heavy atom. The van der Waals surface area contributed by atoms with Gasteiger partial charge in [0.25, 0.3) is 0 Å². The van der Waals surface area contributed by atoms with E-state index in [1.807, 2.05) is 31.3 Å². The van der Waals surface area contributed by atoms with Crippen LogP contribution in [-0.4, -0.2) is 33.0 Å². The van der Waals surface area contributed by atoms with Crippen molar-refractivity contribution in [3.8, 4) is 5.88 Å². The number of ether oxygens (including phenoxy) is 1. The number of aryl methyl sites for hydroxylation is 1. The third kappa shape index (κ3) is 2.12.